The van der Waals surface area contributed by atoms with Crippen LogP contribution in [0.3, 0.4) is 0 Å². The van der Waals surface area contributed by atoms with Gasteiger partial charge in [0.2, 0.25) is 5.78 Å². The largest absolute Gasteiger partial charge is 0.454 e. The lowest BCUT2D eigenvalue weighted by Gasteiger charge is -2.34. The third-order valence-corrected chi connectivity index (χ3v) is 7.79. The number of carbonyl (C=O) groups excluding carboxylic acids is 3. The predicted octanol–water partition coefficient (Wildman–Crippen LogP) is 4.54. The number of hydrogen-bond acceptors (Lipinski definition) is 7. The minimum atomic E-state index is -1.02. The number of hydrogen-bond donors (Lipinski definition) is 3. The van der Waals surface area contributed by atoms with Crippen molar-refractivity contribution in [1.29, 1.82) is 0 Å². The molecule has 2 saturated heterocycles. The summed E-state index contributed by atoms with van der Waals surface area (Å²) in [6.45, 7) is 3.89. The lowest BCUT2D eigenvalue weighted by Crippen LogP contribution is -2.62. The first-order chi connectivity index (χ1) is 20.6. The van der Waals surface area contributed by atoms with Gasteiger partial charge in [-0.1, -0.05) is 12.1 Å². The Balaban J connectivity index is 1.16. The normalized spacial score (nSPS) is 15.7. The highest BCUT2D eigenvalue weighted by atomic mass is 19.1. The summed E-state index contributed by atoms with van der Waals surface area (Å²) in [6, 6.07) is 15.9. The van der Waals surface area contributed by atoms with Crippen molar-refractivity contribution in [2.24, 2.45) is 0 Å². The van der Waals surface area contributed by atoms with Crippen LogP contribution in [-0.4, -0.2) is 51.2 Å². The SMILES string of the molecule is Cc1cc2cc(C(=O)c3cnn(-c4ccc(Oc5ccccc5F)cc4C)c3N)[nH]c2cc1N1C(=O)NC2(COC2)C1=O. The van der Waals surface area contributed by atoms with Crippen LogP contribution in [0.2, 0.25) is 0 Å². The van der Waals surface area contributed by atoms with Crippen LogP contribution in [0.4, 0.5) is 20.7 Å². The molecule has 2 aliphatic heterocycles. The molecule has 4 N–H and O–H groups in total. The minimum Gasteiger partial charge on any atom is -0.454 e. The third kappa shape index (κ3) is 4.14. The Morgan fingerprint density at radius 2 is 1.81 bits per heavy atom. The molecule has 43 heavy (non-hydrogen) atoms. The molecule has 12 heteroatoms. The number of anilines is 2. The van der Waals surface area contributed by atoms with E-state index >= 15 is 0 Å². The van der Waals surface area contributed by atoms with Crippen molar-refractivity contribution < 1.29 is 28.2 Å². The Bertz CT molecular complexity index is 1990. The maximum atomic E-state index is 14.0. The van der Waals surface area contributed by atoms with Crippen LogP contribution < -0.4 is 20.7 Å². The Morgan fingerprint density at radius 3 is 2.51 bits per heavy atom. The van der Waals surface area contributed by atoms with Crippen molar-refractivity contribution in [3.63, 3.8) is 0 Å². The number of H-pyrrole nitrogens is 1. The summed E-state index contributed by atoms with van der Waals surface area (Å²) in [5, 5.41) is 7.81. The molecule has 0 atom stereocenters. The lowest BCUT2D eigenvalue weighted by molar-refractivity contribution is -0.139. The Kier molecular flexibility index (Phi) is 5.85. The number of nitrogen functional groups attached to an aromatic ring is 1. The number of rotatable bonds is 6. The van der Waals surface area contributed by atoms with Gasteiger partial charge in [0.05, 0.1) is 42.0 Å². The molecule has 2 fully saturated rings. The van der Waals surface area contributed by atoms with E-state index in [0.717, 1.165) is 15.8 Å². The number of ketones is 1. The van der Waals surface area contributed by atoms with E-state index in [1.165, 1.54) is 23.0 Å². The molecular formula is C31H25FN6O5. The van der Waals surface area contributed by atoms with Gasteiger partial charge in [0.1, 0.15) is 11.6 Å². The second-order valence-electron chi connectivity index (χ2n) is 10.7. The van der Waals surface area contributed by atoms with Crippen molar-refractivity contribution in [3.8, 4) is 17.2 Å². The van der Waals surface area contributed by atoms with Crippen molar-refractivity contribution in [2.75, 3.05) is 23.8 Å². The van der Waals surface area contributed by atoms with E-state index in [1.807, 2.05) is 13.0 Å². The maximum Gasteiger partial charge on any atom is 0.329 e. The molecule has 4 heterocycles. The summed E-state index contributed by atoms with van der Waals surface area (Å²) < 4.78 is 26.3. The molecule has 2 aliphatic rings. The Morgan fingerprint density at radius 1 is 1.05 bits per heavy atom. The number of para-hydroxylation sites is 1. The number of nitrogens with one attached hydrogen (secondary N) is 2. The lowest BCUT2D eigenvalue weighted by atomic mass is 9.97. The number of imide groups is 1. The van der Waals surface area contributed by atoms with E-state index in [2.05, 4.69) is 15.4 Å². The van der Waals surface area contributed by atoms with Crippen LogP contribution in [0.5, 0.6) is 11.5 Å². The zero-order valence-corrected chi connectivity index (χ0v) is 23.1. The zero-order chi connectivity index (χ0) is 30.0. The maximum absolute atomic E-state index is 14.0. The van der Waals surface area contributed by atoms with Crippen molar-refractivity contribution >= 4 is 40.1 Å². The van der Waals surface area contributed by atoms with Crippen LogP contribution in [0, 0.1) is 19.7 Å². The van der Waals surface area contributed by atoms with Crippen molar-refractivity contribution in [3.05, 3.63) is 95.1 Å². The van der Waals surface area contributed by atoms with Gasteiger partial charge in [0.15, 0.2) is 17.1 Å². The molecule has 7 rings (SSSR count). The van der Waals surface area contributed by atoms with Gasteiger partial charge in [0.25, 0.3) is 5.91 Å². The van der Waals surface area contributed by atoms with Gasteiger partial charge in [-0.05, 0) is 73.5 Å². The topological polar surface area (TPSA) is 145 Å². The molecule has 11 nitrogen and oxygen atoms in total. The number of ether oxygens (including phenoxy) is 2. The smallest absolute Gasteiger partial charge is 0.329 e. The number of benzene rings is 3. The molecule has 0 unspecified atom stereocenters. The van der Waals surface area contributed by atoms with Gasteiger partial charge in [-0.15, -0.1) is 0 Å². The second-order valence-corrected chi connectivity index (χ2v) is 10.7. The number of aromatic nitrogens is 3. The summed E-state index contributed by atoms with van der Waals surface area (Å²) >= 11 is 0. The summed E-state index contributed by atoms with van der Waals surface area (Å²) in [4.78, 5) is 43.5. The highest BCUT2D eigenvalue weighted by Crippen LogP contribution is 2.35. The number of nitrogens with zero attached hydrogens (tertiary/aromatic N) is 3. The molecule has 1 spiro atoms. The number of aryl methyl sites for hydroxylation is 2. The first-order valence-electron chi connectivity index (χ1n) is 13.4. The van der Waals surface area contributed by atoms with Crippen LogP contribution >= 0.6 is 0 Å². The number of fused-ring (bicyclic) bond motifs is 1. The highest BCUT2D eigenvalue weighted by molar-refractivity contribution is 6.24. The molecule has 0 aliphatic carbocycles. The molecule has 0 saturated carbocycles. The van der Waals surface area contributed by atoms with Crippen LogP contribution in [0.25, 0.3) is 16.6 Å². The highest BCUT2D eigenvalue weighted by Gasteiger charge is 2.57. The summed E-state index contributed by atoms with van der Waals surface area (Å²) in [5.74, 6) is -0.536. The van der Waals surface area contributed by atoms with E-state index in [1.54, 1.807) is 49.4 Å². The summed E-state index contributed by atoms with van der Waals surface area (Å²) in [6.07, 6.45) is 1.40. The van der Waals surface area contributed by atoms with E-state index in [4.69, 9.17) is 15.2 Å². The fourth-order valence-corrected chi connectivity index (χ4v) is 5.44. The number of carbonyl (C=O) groups is 3. The van der Waals surface area contributed by atoms with Gasteiger partial charge < -0.3 is 25.5 Å². The number of halogens is 1. The molecule has 3 aromatic carbocycles. The Labute approximate surface area is 244 Å². The Hall–Kier alpha value is -5.49. The number of amides is 3. The average molecular weight is 581 g/mol. The third-order valence-electron chi connectivity index (χ3n) is 7.79. The fraction of sp³-hybridized carbons (Fsp3) is 0.161. The number of urea groups is 1. The van der Waals surface area contributed by atoms with Crippen LogP contribution in [0.15, 0.2) is 66.9 Å². The summed E-state index contributed by atoms with van der Waals surface area (Å²) in [5.41, 5.74) is 8.90. The minimum absolute atomic E-state index is 0.106. The molecule has 0 radical (unpaired) electrons. The van der Waals surface area contributed by atoms with Gasteiger partial charge in [-0.2, -0.15) is 5.10 Å². The average Bonchev–Trinajstić information content (AvgIpc) is 3.62. The molecule has 216 valence electrons. The molecule has 5 aromatic rings. The standard InChI is InChI=1S/C31H25FN6O5/c1-16-9-18-11-23(35-22(18)12-25(16)37-29(40)31(14-42-15-31)36-30(37)41)27(39)20-13-34-38(28(20)33)24-8-7-19(10-17(24)2)43-26-6-4-3-5-21(26)32/h3-13,35H,14-15,33H2,1-2H3,(H,36,41). The predicted molar refractivity (Wildman–Crippen MR) is 155 cm³/mol. The molecular weight excluding hydrogens is 555 g/mol. The van der Waals surface area contributed by atoms with Gasteiger partial charge >= 0.3 is 6.03 Å². The number of aromatic amines is 1. The van der Waals surface area contributed by atoms with Crippen molar-refractivity contribution in [1.82, 2.24) is 20.1 Å². The van der Waals surface area contributed by atoms with Crippen LogP contribution in [-0.2, 0) is 9.53 Å². The first-order valence-corrected chi connectivity index (χ1v) is 13.4. The van der Waals surface area contributed by atoms with Gasteiger partial charge in [-0.25, -0.2) is 18.8 Å². The number of nitrogens with two attached hydrogens (primary N) is 1. The monoisotopic (exact) mass is 580 g/mol. The summed E-state index contributed by atoms with van der Waals surface area (Å²) in [7, 11) is 0. The van der Waals surface area contributed by atoms with Gasteiger partial charge in [-0.3, -0.25) is 9.59 Å². The fourth-order valence-electron chi connectivity index (χ4n) is 5.44. The van der Waals surface area contributed by atoms with E-state index < -0.39 is 17.4 Å². The quantitative estimate of drug-likeness (QED) is 0.198. The van der Waals surface area contributed by atoms with Crippen LogP contribution in [0.1, 0.15) is 27.2 Å². The molecule has 0 bridgehead atoms. The molecule has 2 aromatic heterocycles. The second kappa shape index (κ2) is 9.53. The molecule has 3 amide bonds. The van der Waals surface area contributed by atoms with E-state index in [9.17, 15) is 18.8 Å². The zero-order valence-electron chi connectivity index (χ0n) is 23.1. The van der Waals surface area contributed by atoms with Crippen molar-refractivity contribution in [2.45, 2.75) is 19.4 Å². The first kappa shape index (κ1) is 26.4. The van der Waals surface area contributed by atoms with E-state index in [0.29, 0.717) is 28.2 Å². The van der Waals surface area contributed by atoms with E-state index in [-0.39, 0.29) is 47.7 Å². The van der Waals surface area contributed by atoms with Gasteiger partial charge in [0, 0.05) is 10.9 Å².